The average Bonchev–Trinajstić information content (AvgIpc) is 3.23. The number of nitrogens with zero attached hydrogens (tertiary/aromatic N) is 5. The van der Waals surface area contributed by atoms with Gasteiger partial charge in [-0.25, -0.2) is 4.39 Å². The van der Waals surface area contributed by atoms with Crippen molar-refractivity contribution in [1.29, 1.82) is 0 Å². The molecule has 0 radical (unpaired) electrons. The number of aromatic nitrogens is 4. The van der Waals surface area contributed by atoms with E-state index >= 15 is 0 Å². The molecule has 1 fully saturated rings. The lowest BCUT2D eigenvalue weighted by atomic mass is 10.1. The number of benzene rings is 2. The largest absolute Gasteiger partial charge is 0.378 e. The predicted octanol–water partition coefficient (Wildman–Crippen LogP) is 3.51. The number of halogens is 1. The van der Waals surface area contributed by atoms with Crippen LogP contribution in [0.5, 0.6) is 0 Å². The molecule has 0 atom stereocenters. The first-order chi connectivity index (χ1) is 14.3. The van der Waals surface area contributed by atoms with Gasteiger partial charge in [-0.3, -0.25) is 0 Å². The molecule has 0 bridgehead atoms. The van der Waals surface area contributed by atoms with Crippen LogP contribution in [-0.2, 0) is 4.74 Å². The third-order valence-electron chi connectivity index (χ3n) is 4.89. The highest BCUT2D eigenvalue weighted by Crippen LogP contribution is 2.26. The summed E-state index contributed by atoms with van der Waals surface area (Å²) in [5, 5.41) is 7.52. The zero-order valence-corrected chi connectivity index (χ0v) is 15.6. The second-order valence-corrected chi connectivity index (χ2v) is 6.78. The third-order valence-corrected chi connectivity index (χ3v) is 4.89. The highest BCUT2D eigenvalue weighted by Gasteiger charge is 2.12. The van der Waals surface area contributed by atoms with Gasteiger partial charge in [0, 0.05) is 36.1 Å². The number of morpholine rings is 1. The second kappa shape index (κ2) is 7.48. The van der Waals surface area contributed by atoms with Crippen molar-refractivity contribution >= 4 is 23.0 Å². The van der Waals surface area contributed by atoms with Crippen molar-refractivity contribution in [3.8, 4) is 11.3 Å². The van der Waals surface area contributed by atoms with Gasteiger partial charge in [0.1, 0.15) is 18.0 Å². The van der Waals surface area contributed by atoms with Crippen LogP contribution in [0.3, 0.4) is 0 Å². The molecule has 1 aliphatic heterocycles. The maximum Gasteiger partial charge on any atom is 0.254 e. The summed E-state index contributed by atoms with van der Waals surface area (Å²) in [4.78, 5) is 11.0. The normalized spacial score (nSPS) is 14.3. The second-order valence-electron chi connectivity index (χ2n) is 6.78. The molecule has 3 heterocycles. The highest BCUT2D eigenvalue weighted by atomic mass is 19.1. The first-order valence-corrected chi connectivity index (χ1v) is 9.43. The summed E-state index contributed by atoms with van der Waals surface area (Å²) in [7, 11) is 0. The van der Waals surface area contributed by atoms with Gasteiger partial charge in [-0.05, 0) is 36.4 Å². The molecule has 1 N–H and O–H groups in total. The molecule has 0 unspecified atom stereocenters. The Morgan fingerprint density at radius 1 is 1.00 bits per heavy atom. The van der Waals surface area contributed by atoms with Gasteiger partial charge in [0.2, 0.25) is 0 Å². The zero-order chi connectivity index (χ0) is 19.6. The molecule has 4 aromatic rings. The fraction of sp³-hybridized carbons (Fsp3) is 0.190. The summed E-state index contributed by atoms with van der Waals surface area (Å²) in [5.74, 6) is 0.754. The molecule has 1 saturated heterocycles. The van der Waals surface area contributed by atoms with E-state index in [1.54, 1.807) is 10.6 Å². The highest BCUT2D eigenvalue weighted by molar-refractivity contribution is 5.69. The number of anilines is 3. The molecule has 8 heteroatoms. The van der Waals surface area contributed by atoms with E-state index < -0.39 is 0 Å². The number of nitrogens with one attached hydrogen (secondary N) is 1. The lowest BCUT2D eigenvalue weighted by molar-refractivity contribution is 0.122. The lowest BCUT2D eigenvalue weighted by Gasteiger charge is -2.28. The number of rotatable bonds is 4. The Bertz CT molecular complexity index is 1140. The molecule has 0 amide bonds. The van der Waals surface area contributed by atoms with E-state index in [0.717, 1.165) is 32.0 Å². The van der Waals surface area contributed by atoms with Crippen molar-refractivity contribution < 1.29 is 9.13 Å². The van der Waals surface area contributed by atoms with Crippen molar-refractivity contribution in [3.63, 3.8) is 0 Å². The predicted molar refractivity (Wildman–Crippen MR) is 109 cm³/mol. The Morgan fingerprint density at radius 2 is 1.83 bits per heavy atom. The maximum atomic E-state index is 13.7. The molecule has 2 aromatic heterocycles. The Balaban J connectivity index is 1.45. The van der Waals surface area contributed by atoms with Crippen molar-refractivity contribution in [2.75, 3.05) is 36.5 Å². The van der Waals surface area contributed by atoms with Crippen LogP contribution >= 0.6 is 0 Å². The van der Waals surface area contributed by atoms with Gasteiger partial charge in [0.25, 0.3) is 5.78 Å². The smallest absolute Gasteiger partial charge is 0.254 e. The first-order valence-electron chi connectivity index (χ1n) is 9.43. The Morgan fingerprint density at radius 3 is 2.62 bits per heavy atom. The summed E-state index contributed by atoms with van der Waals surface area (Å²) in [6, 6.07) is 16.4. The van der Waals surface area contributed by atoms with Gasteiger partial charge >= 0.3 is 0 Å². The molecular weight excluding hydrogens is 371 g/mol. The Labute approximate surface area is 166 Å². The minimum atomic E-state index is -0.305. The van der Waals surface area contributed by atoms with Gasteiger partial charge in [-0.1, -0.05) is 12.1 Å². The number of ether oxygens (including phenoxy) is 1. The van der Waals surface area contributed by atoms with E-state index in [1.807, 2.05) is 24.3 Å². The summed E-state index contributed by atoms with van der Waals surface area (Å²) in [6.07, 6.45) is 1.44. The Kier molecular flexibility index (Phi) is 4.53. The standard InChI is InChI=1S/C21H19FN6O/c22-16-3-1-2-15(12-16)19-13-20(26-21-23-14-24-28(19)21)25-17-4-6-18(7-5-17)27-8-10-29-11-9-27/h1-7,12-14H,8-11H2,(H,23,24,25,26). The molecule has 1 aliphatic rings. The minimum absolute atomic E-state index is 0.305. The molecule has 5 rings (SSSR count). The van der Waals surface area contributed by atoms with Crippen molar-refractivity contribution in [2.24, 2.45) is 0 Å². The van der Waals surface area contributed by atoms with Gasteiger partial charge < -0.3 is 15.0 Å². The summed E-state index contributed by atoms with van der Waals surface area (Å²) >= 11 is 0. The molecule has 0 saturated carbocycles. The van der Waals surface area contributed by atoms with E-state index in [1.165, 1.54) is 24.1 Å². The molecule has 7 nitrogen and oxygen atoms in total. The fourth-order valence-electron chi connectivity index (χ4n) is 3.45. The van der Waals surface area contributed by atoms with E-state index in [-0.39, 0.29) is 5.82 Å². The van der Waals surface area contributed by atoms with Crippen LogP contribution in [0.2, 0.25) is 0 Å². The average molecular weight is 390 g/mol. The molecule has 146 valence electrons. The number of fused-ring (bicyclic) bond motifs is 1. The fourth-order valence-corrected chi connectivity index (χ4v) is 3.45. The van der Waals surface area contributed by atoms with Gasteiger partial charge in [0.05, 0.1) is 18.9 Å². The van der Waals surface area contributed by atoms with E-state index in [4.69, 9.17) is 4.74 Å². The zero-order valence-electron chi connectivity index (χ0n) is 15.6. The van der Waals surface area contributed by atoms with E-state index in [2.05, 4.69) is 37.4 Å². The van der Waals surface area contributed by atoms with Crippen LogP contribution < -0.4 is 10.2 Å². The van der Waals surface area contributed by atoms with Crippen LogP contribution in [0.4, 0.5) is 21.6 Å². The molecule has 0 spiro atoms. The molecule has 2 aromatic carbocycles. The molecule has 0 aliphatic carbocycles. The van der Waals surface area contributed by atoms with Crippen LogP contribution in [0.15, 0.2) is 60.9 Å². The third kappa shape index (κ3) is 3.62. The van der Waals surface area contributed by atoms with Gasteiger partial charge in [-0.2, -0.15) is 19.6 Å². The van der Waals surface area contributed by atoms with Crippen LogP contribution in [0, 0.1) is 5.82 Å². The lowest BCUT2D eigenvalue weighted by Crippen LogP contribution is -2.36. The van der Waals surface area contributed by atoms with Crippen LogP contribution in [0.1, 0.15) is 0 Å². The molecule has 29 heavy (non-hydrogen) atoms. The summed E-state index contributed by atoms with van der Waals surface area (Å²) in [6.45, 7) is 3.31. The van der Waals surface area contributed by atoms with E-state index in [0.29, 0.717) is 22.9 Å². The number of hydrogen-bond donors (Lipinski definition) is 1. The summed E-state index contributed by atoms with van der Waals surface area (Å²) < 4.78 is 20.7. The monoisotopic (exact) mass is 390 g/mol. The first kappa shape index (κ1) is 17.6. The topological polar surface area (TPSA) is 67.6 Å². The number of hydrogen-bond acceptors (Lipinski definition) is 6. The summed E-state index contributed by atoms with van der Waals surface area (Å²) in [5.41, 5.74) is 3.48. The SMILES string of the molecule is Fc1cccc(-c2cc(Nc3ccc(N4CCOCC4)cc3)nc3ncnn23)c1. The minimum Gasteiger partial charge on any atom is -0.378 e. The van der Waals surface area contributed by atoms with Crippen molar-refractivity contribution in [1.82, 2.24) is 19.6 Å². The van der Waals surface area contributed by atoms with Crippen molar-refractivity contribution in [3.05, 3.63) is 66.7 Å². The van der Waals surface area contributed by atoms with E-state index in [9.17, 15) is 4.39 Å². The van der Waals surface area contributed by atoms with Crippen LogP contribution in [0.25, 0.3) is 17.0 Å². The maximum absolute atomic E-state index is 13.7. The van der Waals surface area contributed by atoms with Gasteiger partial charge in [-0.15, -0.1) is 0 Å². The van der Waals surface area contributed by atoms with Crippen molar-refractivity contribution in [2.45, 2.75) is 0 Å². The van der Waals surface area contributed by atoms with Gasteiger partial charge in [0.15, 0.2) is 0 Å². The molecular formula is C21H19FN6O. The van der Waals surface area contributed by atoms with Crippen LogP contribution in [-0.4, -0.2) is 45.9 Å². The quantitative estimate of drug-likeness (QED) is 0.575. The Hall–Kier alpha value is -3.52.